The SMILES string of the molecule is C1=CC(c2cccc(-c3cc(-c4cccc(-c5ccncc5)c4)cc(-c4cc(-c5cccc(-c6ccncc6)c5)cc(-c5cccc(-c6ccncc6)c5)c4)c3)c2)=CCN1. The Balaban J connectivity index is 1.17. The van der Waals surface area contributed by atoms with Gasteiger partial charge in [-0.2, -0.15) is 0 Å². The van der Waals surface area contributed by atoms with E-state index in [-0.39, 0.29) is 0 Å². The minimum absolute atomic E-state index is 0.819. The molecule has 4 nitrogen and oxygen atoms in total. The van der Waals surface area contributed by atoms with Crippen molar-refractivity contribution < 1.29 is 0 Å². The molecule has 0 spiro atoms. The topological polar surface area (TPSA) is 50.7 Å². The molecule has 1 aliphatic rings. The number of allylic oxidation sites excluding steroid dienone is 2. The van der Waals surface area contributed by atoms with Crippen LogP contribution in [0.4, 0.5) is 0 Å². The average Bonchev–Trinajstić information content (AvgIpc) is 3.35. The number of nitrogens with one attached hydrogen (secondary N) is 1. The van der Waals surface area contributed by atoms with E-state index in [1.807, 2.05) is 43.4 Å². The maximum absolute atomic E-state index is 4.26. The van der Waals surface area contributed by atoms with Gasteiger partial charge in [0, 0.05) is 43.7 Å². The molecule has 6 aromatic carbocycles. The Morgan fingerprint density at radius 1 is 0.283 bits per heavy atom. The molecule has 0 unspecified atom stereocenters. The molecule has 4 heterocycles. The summed E-state index contributed by atoms with van der Waals surface area (Å²) in [4.78, 5) is 12.8. The molecule has 0 atom stereocenters. The molecule has 0 fully saturated rings. The van der Waals surface area contributed by atoms with Crippen molar-refractivity contribution >= 4 is 5.57 Å². The number of dihydropyridines is 1. The van der Waals surface area contributed by atoms with Crippen LogP contribution < -0.4 is 5.32 Å². The normalized spacial score (nSPS) is 12.1. The van der Waals surface area contributed by atoms with E-state index in [1.54, 1.807) is 0 Å². The molecule has 1 aliphatic heterocycles. The first kappa shape index (κ1) is 36.4. The van der Waals surface area contributed by atoms with Crippen molar-refractivity contribution in [3.63, 3.8) is 0 Å². The van der Waals surface area contributed by atoms with Crippen molar-refractivity contribution in [3.05, 3.63) is 231 Å². The van der Waals surface area contributed by atoms with Gasteiger partial charge in [-0.25, -0.2) is 0 Å². The summed E-state index contributed by atoms with van der Waals surface area (Å²) >= 11 is 0. The lowest BCUT2D eigenvalue weighted by Gasteiger charge is -2.16. The molecule has 0 amide bonds. The van der Waals surface area contributed by atoms with Gasteiger partial charge in [-0.1, -0.05) is 78.9 Å². The zero-order valence-corrected chi connectivity index (χ0v) is 32.9. The largest absolute Gasteiger partial charge is 0.387 e. The Hall–Kier alpha value is -7.95. The molecule has 4 heteroatoms. The molecule has 0 saturated carbocycles. The third-order valence-electron chi connectivity index (χ3n) is 11.2. The lowest BCUT2D eigenvalue weighted by Crippen LogP contribution is -2.08. The molecule has 9 aromatic rings. The van der Waals surface area contributed by atoms with Gasteiger partial charge in [0.25, 0.3) is 0 Å². The van der Waals surface area contributed by atoms with Gasteiger partial charge >= 0.3 is 0 Å². The molecule has 0 radical (unpaired) electrons. The summed E-state index contributed by atoms with van der Waals surface area (Å²) in [6.45, 7) is 0.819. The third-order valence-corrected chi connectivity index (χ3v) is 11.2. The van der Waals surface area contributed by atoms with Crippen molar-refractivity contribution in [1.29, 1.82) is 0 Å². The Morgan fingerprint density at radius 2 is 0.550 bits per heavy atom. The molecule has 0 aliphatic carbocycles. The van der Waals surface area contributed by atoms with Gasteiger partial charge in [0.05, 0.1) is 0 Å². The summed E-state index contributed by atoms with van der Waals surface area (Å²) in [5, 5.41) is 3.29. The number of nitrogens with zero attached hydrogens (tertiary/aromatic N) is 3. The van der Waals surface area contributed by atoms with E-state index in [9.17, 15) is 0 Å². The Labute approximate surface area is 351 Å². The maximum Gasteiger partial charge on any atom is 0.0334 e. The van der Waals surface area contributed by atoms with Gasteiger partial charge in [0.1, 0.15) is 0 Å². The quantitative estimate of drug-likeness (QED) is 0.159. The Kier molecular flexibility index (Phi) is 10.0. The molecule has 1 N–H and O–H groups in total. The van der Waals surface area contributed by atoms with Crippen LogP contribution in [0.3, 0.4) is 0 Å². The van der Waals surface area contributed by atoms with E-state index in [0.29, 0.717) is 0 Å². The summed E-state index contributed by atoms with van der Waals surface area (Å²) < 4.78 is 0. The minimum Gasteiger partial charge on any atom is -0.387 e. The van der Waals surface area contributed by atoms with Crippen molar-refractivity contribution in [2.24, 2.45) is 0 Å². The van der Waals surface area contributed by atoms with Crippen LogP contribution in [0.15, 0.2) is 225 Å². The lowest BCUT2D eigenvalue weighted by atomic mass is 9.88. The molecular weight excluding hydrogens is 729 g/mol. The van der Waals surface area contributed by atoms with Crippen LogP contribution in [-0.2, 0) is 0 Å². The van der Waals surface area contributed by atoms with Crippen LogP contribution in [0.5, 0.6) is 0 Å². The molecule has 0 bridgehead atoms. The molecule has 284 valence electrons. The first-order valence-corrected chi connectivity index (χ1v) is 20.2. The highest BCUT2D eigenvalue weighted by Gasteiger charge is 2.14. The van der Waals surface area contributed by atoms with Crippen molar-refractivity contribution in [1.82, 2.24) is 20.3 Å². The zero-order chi connectivity index (χ0) is 40.1. The van der Waals surface area contributed by atoms with Crippen LogP contribution in [0, 0.1) is 0 Å². The van der Waals surface area contributed by atoms with Gasteiger partial charge in [0.15, 0.2) is 0 Å². The maximum atomic E-state index is 4.26. The Bertz CT molecular complexity index is 2920. The lowest BCUT2D eigenvalue weighted by molar-refractivity contribution is 0.976. The number of hydrogen-bond acceptors (Lipinski definition) is 4. The predicted molar refractivity (Wildman–Crippen MR) is 248 cm³/mol. The first-order chi connectivity index (χ1) is 29.7. The minimum atomic E-state index is 0.819. The summed E-state index contributed by atoms with van der Waals surface area (Å²) in [5.74, 6) is 0. The molecule has 3 aromatic heterocycles. The standard InChI is InChI=1S/C56H40N4/c1-5-43(39-13-21-57-22-14-39)29-47(9-1)51-33-52(48-10-2-6-44(30-48)40-15-23-58-24-16-40)36-55(35-51)56-37-53(49-11-3-7-45(31-49)41-17-25-59-26-18-41)34-54(38-56)50-12-4-8-46(32-50)42-19-27-60-28-20-42/h1-27,29-38,60H,28H2. The van der Waals surface area contributed by atoms with Gasteiger partial charge in [-0.3, -0.25) is 15.0 Å². The van der Waals surface area contributed by atoms with Gasteiger partial charge in [-0.05, 0) is 209 Å². The summed E-state index contributed by atoms with van der Waals surface area (Å²) in [7, 11) is 0. The fourth-order valence-electron chi connectivity index (χ4n) is 8.07. The summed E-state index contributed by atoms with van der Waals surface area (Å²) in [6.07, 6.45) is 17.5. The average molecular weight is 769 g/mol. The van der Waals surface area contributed by atoms with Crippen molar-refractivity contribution in [2.75, 3.05) is 6.54 Å². The zero-order valence-electron chi connectivity index (χ0n) is 32.9. The molecule has 60 heavy (non-hydrogen) atoms. The van der Waals surface area contributed by atoms with Crippen LogP contribution >= 0.6 is 0 Å². The van der Waals surface area contributed by atoms with Crippen molar-refractivity contribution in [3.8, 4) is 89.0 Å². The van der Waals surface area contributed by atoms with E-state index in [2.05, 4.69) is 202 Å². The highest BCUT2D eigenvalue weighted by Crippen LogP contribution is 2.40. The van der Waals surface area contributed by atoms with E-state index < -0.39 is 0 Å². The second-order valence-corrected chi connectivity index (χ2v) is 15.0. The third kappa shape index (κ3) is 7.83. The van der Waals surface area contributed by atoms with E-state index in [4.69, 9.17) is 0 Å². The molecular formula is C56H40N4. The monoisotopic (exact) mass is 768 g/mol. The molecule has 0 saturated heterocycles. The number of pyridine rings is 3. The van der Waals surface area contributed by atoms with Crippen LogP contribution in [0.1, 0.15) is 5.56 Å². The Morgan fingerprint density at radius 3 is 0.867 bits per heavy atom. The number of rotatable bonds is 9. The van der Waals surface area contributed by atoms with E-state index in [0.717, 1.165) is 90.0 Å². The van der Waals surface area contributed by atoms with Gasteiger partial charge < -0.3 is 5.32 Å². The van der Waals surface area contributed by atoms with E-state index >= 15 is 0 Å². The summed E-state index contributed by atoms with van der Waals surface area (Å²) in [5.41, 5.74) is 20.8. The van der Waals surface area contributed by atoms with E-state index in [1.165, 1.54) is 16.7 Å². The predicted octanol–water partition coefficient (Wildman–Crippen LogP) is 13.7. The van der Waals surface area contributed by atoms with Crippen LogP contribution in [0.2, 0.25) is 0 Å². The fraction of sp³-hybridized carbons (Fsp3) is 0.0179. The highest BCUT2D eigenvalue weighted by atomic mass is 14.8. The fourth-order valence-corrected chi connectivity index (χ4v) is 8.07. The number of benzene rings is 6. The van der Waals surface area contributed by atoms with Crippen LogP contribution in [0.25, 0.3) is 94.6 Å². The number of aromatic nitrogens is 3. The van der Waals surface area contributed by atoms with Crippen molar-refractivity contribution in [2.45, 2.75) is 0 Å². The smallest absolute Gasteiger partial charge is 0.0334 e. The van der Waals surface area contributed by atoms with Crippen LogP contribution in [-0.4, -0.2) is 21.5 Å². The summed E-state index contributed by atoms with van der Waals surface area (Å²) in [6, 6.07) is 61.8. The number of hydrogen-bond donors (Lipinski definition) is 1. The first-order valence-electron chi connectivity index (χ1n) is 20.2. The van der Waals surface area contributed by atoms with Gasteiger partial charge in [0.2, 0.25) is 0 Å². The molecule has 10 rings (SSSR count). The second kappa shape index (κ2) is 16.5. The second-order valence-electron chi connectivity index (χ2n) is 15.0. The highest BCUT2D eigenvalue weighted by molar-refractivity contribution is 5.89. The van der Waals surface area contributed by atoms with Gasteiger partial charge in [-0.15, -0.1) is 0 Å².